The monoisotopic (exact) mass is 312 g/mol. The molecule has 0 aliphatic carbocycles. The summed E-state index contributed by atoms with van der Waals surface area (Å²) in [5.41, 5.74) is 0. The molecular formula is C10H11F3N2O2S2. The highest BCUT2D eigenvalue weighted by Gasteiger charge is 2.28. The van der Waals surface area contributed by atoms with Crippen molar-refractivity contribution in [3.63, 3.8) is 0 Å². The van der Waals surface area contributed by atoms with Gasteiger partial charge in [-0.2, -0.15) is 13.2 Å². The van der Waals surface area contributed by atoms with Crippen LogP contribution < -0.4 is 10.6 Å². The third kappa shape index (κ3) is 6.48. The first-order valence-corrected chi connectivity index (χ1v) is 6.89. The van der Waals surface area contributed by atoms with Crippen LogP contribution in [0.25, 0.3) is 0 Å². The zero-order valence-corrected chi connectivity index (χ0v) is 11.4. The number of amides is 3. The van der Waals surface area contributed by atoms with Gasteiger partial charge in [-0.15, -0.1) is 23.1 Å². The summed E-state index contributed by atoms with van der Waals surface area (Å²) in [6, 6.07) is 2.47. The lowest BCUT2D eigenvalue weighted by Gasteiger charge is -2.12. The van der Waals surface area contributed by atoms with E-state index in [0.29, 0.717) is 0 Å². The van der Waals surface area contributed by atoms with Crippen molar-refractivity contribution in [3.8, 4) is 0 Å². The lowest BCUT2D eigenvalue weighted by molar-refractivity contribution is -0.124. The lowest BCUT2D eigenvalue weighted by atomic mass is 10.4. The fourth-order valence-corrected chi connectivity index (χ4v) is 2.94. The summed E-state index contributed by atoms with van der Waals surface area (Å²) in [5, 5.41) is 4.69. The van der Waals surface area contributed by atoms with E-state index in [1.165, 1.54) is 23.1 Å². The fraction of sp³-hybridized carbons (Fsp3) is 0.400. The maximum atomic E-state index is 11.8. The average Bonchev–Trinajstić information content (AvgIpc) is 2.78. The van der Waals surface area contributed by atoms with E-state index in [4.69, 9.17) is 0 Å². The van der Waals surface area contributed by atoms with Gasteiger partial charge in [-0.05, 0) is 18.4 Å². The number of hydrogen-bond donors (Lipinski definition) is 2. The summed E-state index contributed by atoms with van der Waals surface area (Å²) in [6.07, 6.45) is -4.50. The molecule has 1 rings (SSSR count). The Hall–Kier alpha value is -1.22. The number of thiophene rings is 1. The minimum absolute atomic E-state index is 0.574. The molecule has 0 saturated heterocycles. The summed E-state index contributed by atoms with van der Waals surface area (Å²) in [7, 11) is 0. The van der Waals surface area contributed by atoms with Crippen LogP contribution in [0.5, 0.6) is 0 Å². The maximum Gasteiger partial charge on any atom is 0.405 e. The zero-order valence-electron chi connectivity index (χ0n) is 9.78. The van der Waals surface area contributed by atoms with Gasteiger partial charge in [0.1, 0.15) is 6.54 Å². The highest BCUT2D eigenvalue weighted by molar-refractivity contribution is 8.02. The number of imide groups is 1. The van der Waals surface area contributed by atoms with Crippen molar-refractivity contribution >= 4 is 35.0 Å². The van der Waals surface area contributed by atoms with Gasteiger partial charge in [0.25, 0.3) is 0 Å². The van der Waals surface area contributed by atoms with Crippen molar-refractivity contribution in [3.05, 3.63) is 17.5 Å². The van der Waals surface area contributed by atoms with Gasteiger partial charge in [-0.1, -0.05) is 6.07 Å². The van der Waals surface area contributed by atoms with Crippen LogP contribution in [-0.4, -0.2) is 29.9 Å². The molecule has 0 spiro atoms. The van der Waals surface area contributed by atoms with Gasteiger partial charge in [0.05, 0.1) is 9.46 Å². The van der Waals surface area contributed by atoms with Crippen molar-refractivity contribution < 1.29 is 22.8 Å². The molecule has 1 atom stereocenters. The SMILES string of the molecule is C[C@H](Sc1cccs1)C(=O)NC(=O)NCC(F)(F)F. The minimum atomic E-state index is -4.50. The van der Waals surface area contributed by atoms with Gasteiger partial charge in [0, 0.05) is 0 Å². The molecule has 0 aromatic carbocycles. The molecule has 0 aliphatic rings. The van der Waals surface area contributed by atoms with Crippen LogP contribution in [-0.2, 0) is 4.79 Å². The van der Waals surface area contributed by atoms with E-state index in [1.54, 1.807) is 12.2 Å². The Balaban J connectivity index is 2.35. The molecule has 1 aromatic heterocycles. The predicted molar refractivity (Wildman–Crippen MR) is 67.2 cm³/mol. The highest BCUT2D eigenvalue weighted by atomic mass is 32.2. The number of nitrogens with one attached hydrogen (secondary N) is 2. The van der Waals surface area contributed by atoms with Crippen LogP contribution in [0.1, 0.15) is 6.92 Å². The van der Waals surface area contributed by atoms with E-state index < -0.39 is 29.9 Å². The quantitative estimate of drug-likeness (QED) is 0.840. The number of urea groups is 1. The Bertz CT molecular complexity index is 434. The number of rotatable bonds is 4. The van der Waals surface area contributed by atoms with Crippen molar-refractivity contribution in [1.29, 1.82) is 0 Å². The molecule has 0 bridgehead atoms. The van der Waals surface area contributed by atoms with E-state index in [1.807, 2.05) is 22.8 Å². The molecular weight excluding hydrogens is 301 g/mol. The van der Waals surface area contributed by atoms with Crippen LogP contribution in [0.3, 0.4) is 0 Å². The van der Waals surface area contributed by atoms with Crippen LogP contribution in [0.4, 0.5) is 18.0 Å². The largest absolute Gasteiger partial charge is 0.405 e. The van der Waals surface area contributed by atoms with E-state index in [0.717, 1.165) is 4.21 Å². The van der Waals surface area contributed by atoms with Crippen LogP contribution >= 0.6 is 23.1 Å². The van der Waals surface area contributed by atoms with E-state index in [-0.39, 0.29) is 0 Å². The molecule has 0 saturated carbocycles. The van der Waals surface area contributed by atoms with E-state index >= 15 is 0 Å². The molecule has 0 aliphatic heterocycles. The van der Waals surface area contributed by atoms with Gasteiger partial charge in [-0.3, -0.25) is 10.1 Å². The average molecular weight is 312 g/mol. The summed E-state index contributed by atoms with van der Waals surface area (Å²) in [5.74, 6) is -0.641. The molecule has 19 heavy (non-hydrogen) atoms. The third-order valence-corrected chi connectivity index (χ3v) is 4.02. The molecule has 0 radical (unpaired) electrons. The number of hydrogen-bond acceptors (Lipinski definition) is 4. The number of thioether (sulfide) groups is 1. The Morgan fingerprint density at radius 3 is 2.68 bits per heavy atom. The zero-order chi connectivity index (χ0) is 14.5. The second-order valence-electron chi connectivity index (χ2n) is 3.48. The van der Waals surface area contributed by atoms with E-state index in [9.17, 15) is 22.8 Å². The Morgan fingerprint density at radius 2 is 2.16 bits per heavy atom. The van der Waals surface area contributed by atoms with Gasteiger partial charge in [-0.25, -0.2) is 4.79 Å². The predicted octanol–water partition coefficient (Wildman–Crippen LogP) is 2.62. The normalized spacial score (nSPS) is 12.8. The molecule has 0 fully saturated rings. The number of carbonyl (C=O) groups is 2. The number of halogens is 3. The van der Waals surface area contributed by atoms with Gasteiger partial charge < -0.3 is 5.32 Å². The lowest BCUT2D eigenvalue weighted by Crippen LogP contribution is -2.45. The molecule has 1 heterocycles. The minimum Gasteiger partial charge on any atom is -0.329 e. The topological polar surface area (TPSA) is 58.2 Å². The van der Waals surface area contributed by atoms with Gasteiger partial charge in [0.2, 0.25) is 5.91 Å². The highest BCUT2D eigenvalue weighted by Crippen LogP contribution is 2.27. The second kappa shape index (κ2) is 6.80. The molecule has 1 aromatic rings. The van der Waals surface area contributed by atoms with Crippen molar-refractivity contribution in [1.82, 2.24) is 10.6 Å². The first-order chi connectivity index (χ1) is 8.78. The summed E-state index contributed by atoms with van der Waals surface area (Å²) < 4.78 is 36.4. The molecule has 106 valence electrons. The third-order valence-electron chi connectivity index (χ3n) is 1.84. The Labute approximate surface area is 115 Å². The Kier molecular flexibility index (Phi) is 5.67. The Morgan fingerprint density at radius 1 is 1.47 bits per heavy atom. The van der Waals surface area contributed by atoms with Gasteiger partial charge in [0.15, 0.2) is 0 Å². The first kappa shape index (κ1) is 15.8. The second-order valence-corrected chi connectivity index (χ2v) is 6.07. The van der Waals surface area contributed by atoms with Crippen molar-refractivity contribution in [2.45, 2.75) is 22.6 Å². The fourth-order valence-electron chi connectivity index (χ4n) is 0.997. The molecule has 2 N–H and O–H groups in total. The maximum absolute atomic E-state index is 11.8. The van der Waals surface area contributed by atoms with E-state index in [2.05, 4.69) is 0 Å². The van der Waals surface area contributed by atoms with Gasteiger partial charge >= 0.3 is 12.2 Å². The molecule has 4 nitrogen and oxygen atoms in total. The molecule has 9 heteroatoms. The standard InChI is InChI=1S/C10H11F3N2O2S2/c1-6(19-7-3-2-4-18-7)8(16)15-9(17)14-5-10(11,12)13/h2-4,6H,5H2,1H3,(H2,14,15,16,17)/t6-/m0/s1. The smallest absolute Gasteiger partial charge is 0.329 e. The van der Waals surface area contributed by atoms with Crippen molar-refractivity contribution in [2.75, 3.05) is 6.54 Å². The van der Waals surface area contributed by atoms with Crippen molar-refractivity contribution in [2.24, 2.45) is 0 Å². The molecule has 0 unspecified atom stereocenters. The number of alkyl halides is 3. The summed E-state index contributed by atoms with van der Waals surface area (Å²) in [6.45, 7) is 0.0926. The summed E-state index contributed by atoms with van der Waals surface area (Å²) >= 11 is 2.66. The molecule has 3 amide bonds. The number of carbonyl (C=O) groups excluding carboxylic acids is 2. The first-order valence-electron chi connectivity index (χ1n) is 5.13. The van der Waals surface area contributed by atoms with Crippen LogP contribution in [0.15, 0.2) is 21.7 Å². The van der Waals surface area contributed by atoms with Crippen LogP contribution in [0, 0.1) is 0 Å². The summed E-state index contributed by atoms with van der Waals surface area (Å²) in [4.78, 5) is 22.6. The van der Waals surface area contributed by atoms with Crippen LogP contribution in [0.2, 0.25) is 0 Å².